The van der Waals surface area contributed by atoms with Gasteiger partial charge in [0.05, 0.1) is 22.5 Å². The van der Waals surface area contributed by atoms with Gasteiger partial charge in [-0.3, -0.25) is 4.98 Å². The van der Waals surface area contributed by atoms with Gasteiger partial charge in [0.2, 0.25) is 0 Å². The minimum atomic E-state index is -0.988. The van der Waals surface area contributed by atoms with Crippen LogP contribution in [0.3, 0.4) is 0 Å². The van der Waals surface area contributed by atoms with Crippen molar-refractivity contribution in [2.75, 3.05) is 0 Å². The third-order valence-electron chi connectivity index (χ3n) is 2.30. The number of nitrogens with zero attached hydrogens (tertiary/aromatic N) is 2. The molecule has 0 saturated heterocycles. The van der Waals surface area contributed by atoms with Gasteiger partial charge in [0.25, 0.3) is 0 Å². The van der Waals surface area contributed by atoms with Crippen molar-refractivity contribution in [3.8, 4) is 11.3 Å². The van der Waals surface area contributed by atoms with Crippen molar-refractivity contribution in [3.05, 3.63) is 35.3 Å². The average molecular weight is 218 g/mol. The molecule has 0 aliphatic heterocycles. The molecular weight excluding hydrogens is 208 g/mol. The lowest BCUT2D eigenvalue weighted by molar-refractivity contribution is 0.0696. The van der Waals surface area contributed by atoms with Crippen LogP contribution in [0.4, 0.5) is 0 Å². The molecule has 0 aromatic carbocycles. The second kappa shape index (κ2) is 3.77. The van der Waals surface area contributed by atoms with E-state index in [-0.39, 0.29) is 5.56 Å². The first kappa shape index (κ1) is 10.4. The number of rotatable bonds is 2. The lowest BCUT2D eigenvalue weighted by Crippen LogP contribution is -1.97. The maximum Gasteiger partial charge on any atom is 0.337 e. The molecule has 0 aliphatic carbocycles. The highest BCUT2D eigenvalue weighted by Gasteiger charge is 2.13. The first-order valence-corrected chi connectivity index (χ1v) is 4.72. The van der Waals surface area contributed by atoms with Gasteiger partial charge in [0.1, 0.15) is 5.76 Å². The molecule has 5 heteroatoms. The second-order valence-electron chi connectivity index (χ2n) is 3.44. The molecule has 2 rings (SSSR count). The van der Waals surface area contributed by atoms with Gasteiger partial charge in [-0.25, -0.2) is 4.79 Å². The molecule has 2 heterocycles. The third-order valence-corrected chi connectivity index (χ3v) is 2.30. The zero-order valence-corrected chi connectivity index (χ0v) is 8.89. The van der Waals surface area contributed by atoms with Crippen LogP contribution in [0.1, 0.15) is 21.8 Å². The number of carboxylic acids is 1. The summed E-state index contributed by atoms with van der Waals surface area (Å²) in [5, 5.41) is 12.6. The maximum atomic E-state index is 10.7. The summed E-state index contributed by atoms with van der Waals surface area (Å²) in [5.74, 6) is -0.314. The van der Waals surface area contributed by atoms with E-state index >= 15 is 0 Å². The molecule has 5 nitrogen and oxygen atoms in total. The smallest absolute Gasteiger partial charge is 0.337 e. The van der Waals surface area contributed by atoms with Crippen LogP contribution in [0.25, 0.3) is 11.3 Å². The van der Waals surface area contributed by atoms with Crippen LogP contribution in [0.5, 0.6) is 0 Å². The Bertz CT molecular complexity index is 509. The van der Waals surface area contributed by atoms with Crippen molar-refractivity contribution < 1.29 is 14.4 Å². The van der Waals surface area contributed by atoms with Crippen LogP contribution in [-0.4, -0.2) is 21.2 Å². The number of aromatic nitrogens is 2. The van der Waals surface area contributed by atoms with E-state index in [0.717, 1.165) is 11.3 Å². The van der Waals surface area contributed by atoms with Gasteiger partial charge < -0.3 is 9.63 Å². The van der Waals surface area contributed by atoms with Gasteiger partial charge in [-0.05, 0) is 26.0 Å². The highest BCUT2D eigenvalue weighted by Crippen LogP contribution is 2.24. The summed E-state index contributed by atoms with van der Waals surface area (Å²) in [5.41, 5.74) is 2.39. The van der Waals surface area contributed by atoms with E-state index in [4.69, 9.17) is 9.63 Å². The molecule has 0 atom stereocenters. The Labute approximate surface area is 91.7 Å². The minimum Gasteiger partial charge on any atom is -0.478 e. The van der Waals surface area contributed by atoms with Crippen molar-refractivity contribution in [3.63, 3.8) is 0 Å². The Morgan fingerprint density at radius 2 is 2.12 bits per heavy atom. The van der Waals surface area contributed by atoms with Gasteiger partial charge in [0, 0.05) is 6.20 Å². The van der Waals surface area contributed by atoms with Crippen LogP contribution in [0, 0.1) is 13.8 Å². The highest BCUT2D eigenvalue weighted by atomic mass is 16.5. The fourth-order valence-corrected chi connectivity index (χ4v) is 1.52. The molecule has 1 N–H and O–H groups in total. The Balaban J connectivity index is 2.46. The molecule has 2 aromatic rings. The summed E-state index contributed by atoms with van der Waals surface area (Å²) >= 11 is 0. The highest BCUT2D eigenvalue weighted by molar-refractivity contribution is 5.87. The van der Waals surface area contributed by atoms with Crippen molar-refractivity contribution in [2.24, 2.45) is 0 Å². The third kappa shape index (κ3) is 1.67. The molecule has 0 radical (unpaired) electrons. The fourth-order valence-electron chi connectivity index (χ4n) is 1.52. The molecule has 0 saturated carbocycles. The van der Waals surface area contributed by atoms with Crippen molar-refractivity contribution >= 4 is 5.97 Å². The average Bonchev–Trinajstić information content (AvgIpc) is 2.59. The topological polar surface area (TPSA) is 76.2 Å². The van der Waals surface area contributed by atoms with Crippen LogP contribution >= 0.6 is 0 Å². The van der Waals surface area contributed by atoms with E-state index in [1.807, 2.05) is 6.92 Å². The Morgan fingerprint density at radius 3 is 2.56 bits per heavy atom. The maximum absolute atomic E-state index is 10.7. The Morgan fingerprint density at radius 1 is 1.38 bits per heavy atom. The summed E-state index contributed by atoms with van der Waals surface area (Å²) in [7, 11) is 0. The first-order chi connectivity index (χ1) is 7.59. The van der Waals surface area contributed by atoms with E-state index in [1.54, 1.807) is 13.0 Å². The van der Waals surface area contributed by atoms with E-state index in [0.29, 0.717) is 11.5 Å². The lowest BCUT2D eigenvalue weighted by Gasteiger charge is -1.99. The monoisotopic (exact) mass is 218 g/mol. The van der Waals surface area contributed by atoms with E-state index in [1.165, 1.54) is 12.3 Å². The second-order valence-corrected chi connectivity index (χ2v) is 3.44. The summed E-state index contributed by atoms with van der Waals surface area (Å²) in [6.07, 6.45) is 1.32. The van der Waals surface area contributed by atoms with Gasteiger partial charge in [-0.15, -0.1) is 0 Å². The SMILES string of the molecule is Cc1noc(C)c1-c1ccc(C(=O)O)cn1. The minimum absolute atomic E-state index is 0.163. The Kier molecular flexibility index (Phi) is 2.44. The zero-order chi connectivity index (χ0) is 11.7. The predicted octanol–water partition coefficient (Wildman–Crippen LogP) is 2.05. The molecule has 0 aliphatic rings. The van der Waals surface area contributed by atoms with Gasteiger partial charge in [-0.2, -0.15) is 0 Å². The molecular formula is C11H10N2O3. The summed E-state index contributed by atoms with van der Waals surface area (Å²) < 4.78 is 5.02. The number of hydrogen-bond acceptors (Lipinski definition) is 4. The largest absolute Gasteiger partial charge is 0.478 e. The molecule has 0 fully saturated rings. The molecule has 16 heavy (non-hydrogen) atoms. The molecule has 0 unspecified atom stereocenters. The number of carbonyl (C=O) groups is 1. The van der Waals surface area contributed by atoms with Gasteiger partial charge >= 0.3 is 5.97 Å². The van der Waals surface area contributed by atoms with E-state index < -0.39 is 5.97 Å². The molecule has 0 amide bonds. The first-order valence-electron chi connectivity index (χ1n) is 4.72. The van der Waals surface area contributed by atoms with Crippen molar-refractivity contribution in [1.82, 2.24) is 10.1 Å². The quantitative estimate of drug-likeness (QED) is 0.834. The van der Waals surface area contributed by atoms with Crippen LogP contribution in [-0.2, 0) is 0 Å². The fraction of sp³-hybridized carbons (Fsp3) is 0.182. The normalized spacial score (nSPS) is 10.4. The van der Waals surface area contributed by atoms with Crippen molar-refractivity contribution in [2.45, 2.75) is 13.8 Å². The molecule has 82 valence electrons. The molecule has 0 spiro atoms. The van der Waals surface area contributed by atoms with Crippen LogP contribution in [0.2, 0.25) is 0 Å². The summed E-state index contributed by atoms with van der Waals surface area (Å²) in [6.45, 7) is 3.61. The number of hydrogen-bond donors (Lipinski definition) is 1. The van der Waals surface area contributed by atoms with E-state index in [2.05, 4.69) is 10.1 Å². The van der Waals surface area contributed by atoms with Crippen molar-refractivity contribution in [1.29, 1.82) is 0 Å². The number of aromatic carboxylic acids is 1. The number of carboxylic acid groups (broad SMARTS) is 1. The summed E-state index contributed by atoms with van der Waals surface area (Å²) in [6, 6.07) is 3.16. The van der Waals surface area contributed by atoms with Crippen LogP contribution < -0.4 is 0 Å². The number of aryl methyl sites for hydroxylation is 2. The molecule has 2 aromatic heterocycles. The van der Waals surface area contributed by atoms with Gasteiger partial charge in [0.15, 0.2) is 0 Å². The zero-order valence-electron chi connectivity index (χ0n) is 8.89. The predicted molar refractivity (Wildman–Crippen MR) is 56.2 cm³/mol. The molecule has 0 bridgehead atoms. The lowest BCUT2D eigenvalue weighted by atomic mass is 10.1. The van der Waals surface area contributed by atoms with E-state index in [9.17, 15) is 4.79 Å². The Hall–Kier alpha value is -2.17. The number of pyridine rings is 1. The summed E-state index contributed by atoms with van der Waals surface area (Å²) in [4.78, 5) is 14.7. The van der Waals surface area contributed by atoms with Crippen LogP contribution in [0.15, 0.2) is 22.9 Å². The standard InChI is InChI=1S/C11H10N2O3/c1-6-10(7(2)16-13-6)9-4-3-8(5-12-9)11(14)15/h3-5H,1-2H3,(H,14,15). The van der Waals surface area contributed by atoms with Gasteiger partial charge in [-0.1, -0.05) is 5.16 Å².